The van der Waals surface area contributed by atoms with Gasteiger partial charge in [0.25, 0.3) is 0 Å². The summed E-state index contributed by atoms with van der Waals surface area (Å²) < 4.78 is 63.5. The first-order valence-electron chi connectivity index (χ1n) is 6.00. The molecule has 0 radical (unpaired) electrons. The minimum Gasteiger partial charge on any atom is -0.322 e. The molecule has 1 aromatic heterocycles. The number of alkyl halides is 3. The van der Waals surface area contributed by atoms with Gasteiger partial charge < -0.3 is 5.73 Å². The Morgan fingerprint density at radius 2 is 1.81 bits per heavy atom. The van der Waals surface area contributed by atoms with Gasteiger partial charge in [0.2, 0.25) is 0 Å². The lowest BCUT2D eigenvalue weighted by molar-refractivity contribution is -0.137. The molecule has 7 heteroatoms. The number of pyridine rings is 1. The molecular formula is C14H11F5N2. The molecule has 0 amide bonds. The highest BCUT2D eigenvalue weighted by molar-refractivity contribution is 5.23. The molecule has 0 saturated carbocycles. The number of hydrogen-bond acceptors (Lipinski definition) is 2. The molecule has 112 valence electrons. The predicted molar refractivity (Wildman–Crippen MR) is 66.2 cm³/mol. The molecule has 0 aliphatic heterocycles. The maximum Gasteiger partial charge on any atom is 0.417 e. The summed E-state index contributed by atoms with van der Waals surface area (Å²) in [6, 6.07) is 4.28. The van der Waals surface area contributed by atoms with Gasteiger partial charge in [-0.1, -0.05) is 6.07 Å². The zero-order valence-corrected chi connectivity index (χ0v) is 10.7. The van der Waals surface area contributed by atoms with E-state index in [1.54, 1.807) is 0 Å². The second-order valence-electron chi connectivity index (χ2n) is 4.52. The number of rotatable bonds is 3. The van der Waals surface area contributed by atoms with E-state index in [0.717, 1.165) is 24.3 Å². The predicted octanol–water partition coefficient (Wildman–Crippen LogP) is 3.62. The fraction of sp³-hybridized carbons (Fsp3) is 0.214. The monoisotopic (exact) mass is 302 g/mol. The third-order valence-electron chi connectivity index (χ3n) is 2.95. The molecule has 21 heavy (non-hydrogen) atoms. The van der Waals surface area contributed by atoms with Crippen molar-refractivity contribution in [2.75, 3.05) is 0 Å². The lowest BCUT2D eigenvalue weighted by Gasteiger charge is -2.13. The molecule has 2 aromatic rings. The SMILES string of the molecule is NC(Cc1ccc(F)cc1F)c1ccc(C(F)(F)F)cn1. The maximum absolute atomic E-state index is 13.5. The van der Waals surface area contributed by atoms with Crippen LogP contribution in [-0.4, -0.2) is 4.98 Å². The molecule has 0 fully saturated rings. The van der Waals surface area contributed by atoms with Crippen LogP contribution in [0.1, 0.15) is 22.9 Å². The summed E-state index contributed by atoms with van der Waals surface area (Å²) >= 11 is 0. The lowest BCUT2D eigenvalue weighted by atomic mass is 10.0. The Labute approximate surface area is 117 Å². The van der Waals surface area contributed by atoms with E-state index in [2.05, 4.69) is 4.98 Å². The van der Waals surface area contributed by atoms with Crippen molar-refractivity contribution in [2.24, 2.45) is 5.73 Å². The Kier molecular flexibility index (Phi) is 4.22. The van der Waals surface area contributed by atoms with Gasteiger partial charge >= 0.3 is 6.18 Å². The lowest BCUT2D eigenvalue weighted by Crippen LogP contribution is -2.16. The van der Waals surface area contributed by atoms with Crippen molar-refractivity contribution in [2.45, 2.75) is 18.6 Å². The van der Waals surface area contributed by atoms with Crippen molar-refractivity contribution in [3.05, 3.63) is 65.0 Å². The highest BCUT2D eigenvalue weighted by Gasteiger charge is 2.30. The van der Waals surface area contributed by atoms with Crippen LogP contribution in [0.2, 0.25) is 0 Å². The molecule has 1 aromatic carbocycles. The number of nitrogens with zero attached hydrogens (tertiary/aromatic N) is 1. The van der Waals surface area contributed by atoms with Crippen molar-refractivity contribution in [1.29, 1.82) is 0 Å². The van der Waals surface area contributed by atoms with Crippen LogP contribution in [0.5, 0.6) is 0 Å². The Morgan fingerprint density at radius 1 is 1.10 bits per heavy atom. The zero-order valence-electron chi connectivity index (χ0n) is 10.7. The second-order valence-corrected chi connectivity index (χ2v) is 4.52. The van der Waals surface area contributed by atoms with E-state index in [-0.39, 0.29) is 17.7 Å². The highest BCUT2D eigenvalue weighted by atomic mass is 19.4. The smallest absolute Gasteiger partial charge is 0.322 e. The number of benzene rings is 1. The topological polar surface area (TPSA) is 38.9 Å². The van der Waals surface area contributed by atoms with E-state index in [9.17, 15) is 22.0 Å². The van der Waals surface area contributed by atoms with Gasteiger partial charge in [0, 0.05) is 12.3 Å². The van der Waals surface area contributed by atoms with Crippen LogP contribution in [0.3, 0.4) is 0 Å². The van der Waals surface area contributed by atoms with Crippen LogP contribution < -0.4 is 5.73 Å². The fourth-order valence-corrected chi connectivity index (χ4v) is 1.82. The van der Waals surface area contributed by atoms with Crippen molar-refractivity contribution in [3.63, 3.8) is 0 Å². The molecule has 2 N–H and O–H groups in total. The molecule has 2 rings (SSSR count). The maximum atomic E-state index is 13.5. The Bertz CT molecular complexity index is 622. The van der Waals surface area contributed by atoms with Crippen LogP contribution >= 0.6 is 0 Å². The van der Waals surface area contributed by atoms with E-state index in [4.69, 9.17) is 5.73 Å². The summed E-state index contributed by atoms with van der Waals surface area (Å²) in [5.41, 5.74) is 5.28. The Morgan fingerprint density at radius 3 is 2.33 bits per heavy atom. The molecule has 0 bridgehead atoms. The first-order valence-corrected chi connectivity index (χ1v) is 6.00. The largest absolute Gasteiger partial charge is 0.417 e. The molecule has 0 spiro atoms. The van der Waals surface area contributed by atoms with Crippen LogP contribution in [0.25, 0.3) is 0 Å². The minimum absolute atomic E-state index is 0.00444. The normalized spacial score (nSPS) is 13.2. The number of halogens is 5. The standard InChI is InChI=1S/C14H11F5N2/c15-10-3-1-8(11(16)6-10)5-12(20)13-4-2-9(7-21-13)14(17,18)19/h1-4,6-7,12H,5,20H2. The third kappa shape index (κ3) is 3.75. The van der Waals surface area contributed by atoms with E-state index in [1.807, 2.05) is 0 Å². The summed E-state index contributed by atoms with van der Waals surface area (Å²) in [6.07, 6.45) is -3.79. The summed E-state index contributed by atoms with van der Waals surface area (Å²) in [5.74, 6) is -1.46. The average molecular weight is 302 g/mol. The highest BCUT2D eigenvalue weighted by Crippen LogP contribution is 2.29. The van der Waals surface area contributed by atoms with Gasteiger partial charge in [0.1, 0.15) is 11.6 Å². The summed E-state index contributed by atoms with van der Waals surface area (Å²) in [5, 5.41) is 0. The van der Waals surface area contributed by atoms with E-state index < -0.39 is 29.4 Å². The van der Waals surface area contributed by atoms with Gasteiger partial charge in [0.05, 0.1) is 17.3 Å². The molecule has 0 saturated heterocycles. The second kappa shape index (κ2) is 5.77. The Hall–Kier alpha value is -2.02. The zero-order chi connectivity index (χ0) is 15.6. The average Bonchev–Trinajstić information content (AvgIpc) is 2.41. The molecule has 1 atom stereocenters. The van der Waals surface area contributed by atoms with Crippen LogP contribution in [0, 0.1) is 11.6 Å². The van der Waals surface area contributed by atoms with Crippen LogP contribution in [0.15, 0.2) is 36.5 Å². The van der Waals surface area contributed by atoms with Gasteiger partial charge in [-0.25, -0.2) is 8.78 Å². The molecule has 1 heterocycles. The van der Waals surface area contributed by atoms with Gasteiger partial charge in [-0.15, -0.1) is 0 Å². The number of nitrogens with two attached hydrogens (primary N) is 1. The quantitative estimate of drug-likeness (QED) is 0.880. The van der Waals surface area contributed by atoms with Gasteiger partial charge in [-0.2, -0.15) is 13.2 Å². The Balaban J connectivity index is 2.15. The van der Waals surface area contributed by atoms with Crippen LogP contribution in [0.4, 0.5) is 22.0 Å². The third-order valence-corrected chi connectivity index (χ3v) is 2.95. The first kappa shape index (κ1) is 15.4. The fourth-order valence-electron chi connectivity index (χ4n) is 1.82. The summed E-state index contributed by atoms with van der Waals surface area (Å²) in [4.78, 5) is 3.65. The van der Waals surface area contributed by atoms with E-state index in [1.165, 1.54) is 6.07 Å². The molecule has 2 nitrogen and oxygen atoms in total. The molecule has 0 aliphatic carbocycles. The molecule has 1 unspecified atom stereocenters. The minimum atomic E-state index is -4.47. The molecule has 0 aliphatic rings. The summed E-state index contributed by atoms with van der Waals surface area (Å²) in [7, 11) is 0. The van der Waals surface area contributed by atoms with Gasteiger partial charge in [-0.05, 0) is 30.2 Å². The van der Waals surface area contributed by atoms with Gasteiger partial charge in [0.15, 0.2) is 0 Å². The number of hydrogen-bond donors (Lipinski definition) is 1. The van der Waals surface area contributed by atoms with E-state index >= 15 is 0 Å². The summed E-state index contributed by atoms with van der Waals surface area (Å²) in [6.45, 7) is 0. The number of aromatic nitrogens is 1. The van der Waals surface area contributed by atoms with Gasteiger partial charge in [-0.3, -0.25) is 4.98 Å². The molecular weight excluding hydrogens is 291 g/mol. The van der Waals surface area contributed by atoms with E-state index in [0.29, 0.717) is 6.20 Å². The van der Waals surface area contributed by atoms with Crippen molar-refractivity contribution < 1.29 is 22.0 Å². The van der Waals surface area contributed by atoms with Crippen molar-refractivity contribution in [1.82, 2.24) is 4.98 Å². The first-order chi connectivity index (χ1) is 9.77. The van der Waals surface area contributed by atoms with Crippen LogP contribution in [-0.2, 0) is 12.6 Å². The van der Waals surface area contributed by atoms with Crippen molar-refractivity contribution in [3.8, 4) is 0 Å². The van der Waals surface area contributed by atoms with Crippen molar-refractivity contribution >= 4 is 0 Å².